The molecule has 1 aromatic rings. The third kappa shape index (κ3) is 4.38. The minimum atomic E-state index is -6.17. The van der Waals surface area contributed by atoms with Crippen LogP contribution in [0.25, 0.3) is 0 Å². The Hall–Kier alpha value is -0.760. The molecule has 1 aromatic carbocycles. The molecule has 0 bridgehead atoms. The molecular formula is C10H6F6IO4S-. The van der Waals surface area contributed by atoms with E-state index in [4.69, 9.17) is 0 Å². The lowest BCUT2D eigenvalue weighted by atomic mass is 10.1. The van der Waals surface area contributed by atoms with Crippen LogP contribution in [0.1, 0.15) is 0 Å². The SMILES string of the molecule is O=S(=O)([O-])CC(Oc1ccc(I)cc1)(C(F)(F)F)C(F)(F)F. The van der Waals surface area contributed by atoms with E-state index in [0.29, 0.717) is 3.57 Å². The van der Waals surface area contributed by atoms with Gasteiger partial charge in [-0.25, -0.2) is 8.42 Å². The average molecular weight is 463 g/mol. The fourth-order valence-corrected chi connectivity index (χ4v) is 2.67. The van der Waals surface area contributed by atoms with E-state index >= 15 is 0 Å². The number of ether oxygens (including phenoxy) is 1. The van der Waals surface area contributed by atoms with Gasteiger partial charge in [-0.2, -0.15) is 26.3 Å². The van der Waals surface area contributed by atoms with Crippen LogP contribution >= 0.6 is 22.6 Å². The first kappa shape index (κ1) is 19.3. The number of rotatable bonds is 4. The van der Waals surface area contributed by atoms with Gasteiger partial charge in [-0.15, -0.1) is 0 Å². The van der Waals surface area contributed by atoms with Gasteiger partial charge in [-0.3, -0.25) is 0 Å². The van der Waals surface area contributed by atoms with E-state index in [2.05, 4.69) is 4.74 Å². The summed E-state index contributed by atoms with van der Waals surface area (Å²) >= 11 is 1.74. The van der Waals surface area contributed by atoms with Crippen molar-refractivity contribution in [3.05, 3.63) is 27.8 Å². The van der Waals surface area contributed by atoms with Crippen LogP contribution in [-0.2, 0) is 10.1 Å². The predicted molar refractivity (Wildman–Crippen MR) is 69.2 cm³/mol. The first-order valence-electron chi connectivity index (χ1n) is 5.19. The number of alkyl halides is 6. The summed E-state index contributed by atoms with van der Waals surface area (Å²) in [4.78, 5) is 0. The zero-order chi connectivity index (χ0) is 17.4. The Bertz CT molecular complexity index is 608. The predicted octanol–water partition coefficient (Wildman–Crippen LogP) is 3.08. The Balaban J connectivity index is 3.45. The highest BCUT2D eigenvalue weighted by atomic mass is 127. The molecule has 0 fully saturated rings. The largest absolute Gasteiger partial charge is 0.748 e. The summed E-state index contributed by atoms with van der Waals surface area (Å²) in [6, 6.07) is 3.90. The molecule has 0 saturated carbocycles. The molecule has 22 heavy (non-hydrogen) atoms. The van der Waals surface area contributed by atoms with Crippen molar-refractivity contribution in [1.29, 1.82) is 0 Å². The second kappa shape index (κ2) is 6.03. The first-order valence-corrected chi connectivity index (χ1v) is 7.85. The van der Waals surface area contributed by atoms with Crippen LogP contribution in [0.5, 0.6) is 5.75 Å². The van der Waals surface area contributed by atoms with Crippen LogP contribution in [0.3, 0.4) is 0 Å². The second-order valence-electron chi connectivity index (χ2n) is 4.08. The van der Waals surface area contributed by atoms with E-state index in [1.165, 1.54) is 0 Å². The van der Waals surface area contributed by atoms with Crippen LogP contribution in [-0.4, -0.2) is 36.7 Å². The summed E-state index contributed by atoms with van der Waals surface area (Å²) in [6.45, 7) is 0. The maximum atomic E-state index is 12.9. The lowest BCUT2D eigenvalue weighted by Gasteiger charge is -2.37. The topological polar surface area (TPSA) is 66.4 Å². The molecule has 0 aliphatic heterocycles. The molecular weight excluding hydrogens is 457 g/mol. The van der Waals surface area contributed by atoms with Crippen molar-refractivity contribution in [2.75, 3.05) is 5.75 Å². The van der Waals surface area contributed by atoms with Gasteiger partial charge in [0.25, 0.3) is 0 Å². The zero-order valence-corrected chi connectivity index (χ0v) is 13.2. The number of hydrogen-bond acceptors (Lipinski definition) is 4. The Morgan fingerprint density at radius 3 is 1.73 bits per heavy atom. The van der Waals surface area contributed by atoms with E-state index in [1.807, 2.05) is 0 Å². The van der Waals surface area contributed by atoms with Crippen LogP contribution in [0.15, 0.2) is 24.3 Å². The normalized spacial score (nSPS) is 14.0. The van der Waals surface area contributed by atoms with Crippen molar-refractivity contribution >= 4 is 32.7 Å². The molecule has 0 heterocycles. The van der Waals surface area contributed by atoms with Gasteiger partial charge in [-0.05, 0) is 46.9 Å². The Morgan fingerprint density at radius 2 is 1.41 bits per heavy atom. The molecule has 0 N–H and O–H groups in total. The van der Waals surface area contributed by atoms with Crippen LogP contribution in [0.2, 0.25) is 0 Å². The van der Waals surface area contributed by atoms with Gasteiger partial charge >= 0.3 is 18.0 Å². The van der Waals surface area contributed by atoms with Gasteiger partial charge in [0.05, 0.1) is 15.9 Å². The Kier molecular flexibility index (Phi) is 5.29. The Labute approximate surface area is 134 Å². The second-order valence-corrected chi connectivity index (χ2v) is 6.73. The highest BCUT2D eigenvalue weighted by Crippen LogP contribution is 2.46. The van der Waals surface area contributed by atoms with Crippen LogP contribution < -0.4 is 4.74 Å². The molecule has 126 valence electrons. The summed E-state index contributed by atoms with van der Waals surface area (Å²) in [6.07, 6.45) is -12.3. The van der Waals surface area contributed by atoms with Crippen molar-refractivity contribution in [2.24, 2.45) is 0 Å². The lowest BCUT2D eigenvalue weighted by molar-refractivity contribution is -0.348. The summed E-state index contributed by atoms with van der Waals surface area (Å²) in [5, 5.41) is 0. The third-order valence-electron chi connectivity index (χ3n) is 2.40. The van der Waals surface area contributed by atoms with Crippen molar-refractivity contribution in [1.82, 2.24) is 0 Å². The number of benzene rings is 1. The molecule has 0 aliphatic rings. The quantitative estimate of drug-likeness (QED) is 0.391. The highest BCUT2D eigenvalue weighted by molar-refractivity contribution is 14.1. The molecule has 0 saturated heterocycles. The molecule has 1 rings (SSSR count). The molecule has 0 aliphatic carbocycles. The lowest BCUT2D eigenvalue weighted by Crippen LogP contribution is -2.64. The monoisotopic (exact) mass is 463 g/mol. The summed E-state index contributed by atoms with van der Waals surface area (Å²) in [5.41, 5.74) is -5.15. The fraction of sp³-hybridized carbons (Fsp3) is 0.400. The fourth-order valence-electron chi connectivity index (χ4n) is 1.42. The van der Waals surface area contributed by atoms with Crippen molar-refractivity contribution < 1.29 is 44.0 Å². The molecule has 0 radical (unpaired) electrons. The van der Waals surface area contributed by atoms with Gasteiger partial charge < -0.3 is 9.29 Å². The van der Waals surface area contributed by atoms with Crippen LogP contribution in [0, 0.1) is 3.57 Å². The molecule has 0 unspecified atom stereocenters. The number of hydrogen-bond donors (Lipinski definition) is 0. The molecule has 0 spiro atoms. The molecule has 0 aromatic heterocycles. The Morgan fingerprint density at radius 1 is 1.00 bits per heavy atom. The zero-order valence-electron chi connectivity index (χ0n) is 10.2. The van der Waals surface area contributed by atoms with Crippen molar-refractivity contribution in [3.8, 4) is 5.75 Å². The molecule has 0 amide bonds. The van der Waals surface area contributed by atoms with Gasteiger partial charge in [0.1, 0.15) is 5.75 Å². The molecule has 0 atom stereocenters. The van der Waals surface area contributed by atoms with E-state index < -0.39 is 39.6 Å². The summed E-state index contributed by atoms with van der Waals surface area (Å²) in [5.74, 6) is -3.70. The highest BCUT2D eigenvalue weighted by Gasteiger charge is 2.74. The minimum Gasteiger partial charge on any atom is -0.748 e. The minimum absolute atomic E-state index is 0.492. The van der Waals surface area contributed by atoms with Crippen molar-refractivity contribution in [2.45, 2.75) is 18.0 Å². The van der Waals surface area contributed by atoms with E-state index in [1.54, 1.807) is 22.6 Å². The smallest absolute Gasteiger partial charge is 0.438 e. The average Bonchev–Trinajstić information content (AvgIpc) is 2.26. The maximum absolute atomic E-state index is 12.9. The maximum Gasteiger partial charge on any atom is 0.438 e. The molecule has 12 heteroatoms. The summed E-state index contributed by atoms with van der Waals surface area (Å²) < 4.78 is 114. The first-order chi connectivity index (χ1) is 9.68. The number of halogens is 7. The van der Waals surface area contributed by atoms with E-state index in [-0.39, 0.29) is 0 Å². The van der Waals surface area contributed by atoms with E-state index in [9.17, 15) is 39.3 Å². The van der Waals surface area contributed by atoms with E-state index in [0.717, 1.165) is 24.3 Å². The third-order valence-corrected chi connectivity index (χ3v) is 3.88. The summed E-state index contributed by atoms with van der Waals surface area (Å²) in [7, 11) is -5.89. The van der Waals surface area contributed by atoms with Gasteiger partial charge in [0, 0.05) is 3.57 Å². The standard InChI is InChI=1S/C10H7F6IO4S/c11-9(12,13)8(10(14,15)16,5-22(18,19)20)21-7-3-1-6(17)2-4-7/h1-4H,5H2,(H,18,19,20)/p-1. The van der Waals surface area contributed by atoms with Crippen molar-refractivity contribution in [3.63, 3.8) is 0 Å². The van der Waals surface area contributed by atoms with Crippen LogP contribution in [0.4, 0.5) is 26.3 Å². The molecule has 4 nitrogen and oxygen atoms in total. The van der Waals surface area contributed by atoms with Gasteiger partial charge in [0.15, 0.2) is 0 Å². The van der Waals surface area contributed by atoms with Gasteiger partial charge in [0.2, 0.25) is 0 Å². The van der Waals surface area contributed by atoms with Gasteiger partial charge in [-0.1, -0.05) is 0 Å².